The predicted octanol–water partition coefficient (Wildman–Crippen LogP) is 2.83. The summed E-state index contributed by atoms with van der Waals surface area (Å²) in [4.78, 5) is 43.1. The maximum atomic E-state index is 12.9. The van der Waals surface area contributed by atoms with Gasteiger partial charge in [-0.3, -0.25) is 14.5 Å². The molecule has 0 atom stereocenters. The summed E-state index contributed by atoms with van der Waals surface area (Å²) >= 11 is 0. The fraction of sp³-hybridized carbons (Fsp3) is 0.571. The van der Waals surface area contributed by atoms with E-state index in [1.807, 2.05) is 45.9 Å². The third-order valence-electron chi connectivity index (χ3n) is 5.92. The van der Waals surface area contributed by atoms with Gasteiger partial charge in [-0.15, -0.1) is 0 Å². The molecule has 2 heterocycles. The fourth-order valence-corrected chi connectivity index (χ4v) is 4.12. The van der Waals surface area contributed by atoms with Crippen LogP contribution in [-0.2, 0) is 4.79 Å². The van der Waals surface area contributed by atoms with Crippen LogP contribution in [0.1, 0.15) is 48.2 Å². The molecular weight excluding hydrogens is 342 g/mol. The number of imide groups is 1. The highest BCUT2D eigenvalue weighted by Gasteiger charge is 2.57. The van der Waals surface area contributed by atoms with Gasteiger partial charge in [0, 0.05) is 32.2 Å². The Morgan fingerprint density at radius 1 is 1.11 bits per heavy atom. The Hall–Kier alpha value is -2.37. The first-order valence-corrected chi connectivity index (χ1v) is 9.63. The number of aryl methyl sites for hydroxylation is 2. The van der Waals surface area contributed by atoms with Crippen molar-refractivity contribution in [3.05, 3.63) is 34.9 Å². The number of carbonyl (C=O) groups is 3. The minimum Gasteiger partial charge on any atom is -0.338 e. The van der Waals surface area contributed by atoms with Crippen LogP contribution in [0, 0.1) is 19.8 Å². The molecule has 6 nitrogen and oxygen atoms in total. The van der Waals surface area contributed by atoms with E-state index in [9.17, 15) is 14.4 Å². The van der Waals surface area contributed by atoms with Crippen molar-refractivity contribution in [2.24, 2.45) is 5.92 Å². The SMILES string of the molecule is Cc1ccc(C(=O)N2CCC3(CC2)C(=O)N(C)C(=O)N3CC(C)C)cc1C. The van der Waals surface area contributed by atoms with Crippen LogP contribution in [0.3, 0.4) is 0 Å². The van der Waals surface area contributed by atoms with Gasteiger partial charge in [0.1, 0.15) is 5.54 Å². The monoisotopic (exact) mass is 371 g/mol. The molecule has 0 radical (unpaired) electrons. The normalized spacial score (nSPS) is 19.6. The number of likely N-dealkylation sites (N-methyl/N-ethyl adjacent to an activating group) is 1. The lowest BCUT2D eigenvalue weighted by Gasteiger charge is -2.42. The van der Waals surface area contributed by atoms with Gasteiger partial charge in [0.15, 0.2) is 0 Å². The van der Waals surface area contributed by atoms with Gasteiger partial charge in [-0.05, 0) is 55.9 Å². The molecule has 1 aromatic rings. The smallest absolute Gasteiger partial charge is 0.327 e. The van der Waals surface area contributed by atoms with Crippen molar-refractivity contribution in [3.63, 3.8) is 0 Å². The van der Waals surface area contributed by atoms with E-state index in [1.165, 1.54) is 4.90 Å². The number of hydrogen-bond donors (Lipinski definition) is 0. The zero-order chi connectivity index (χ0) is 19.9. The Kier molecular flexibility index (Phi) is 5.02. The quantitative estimate of drug-likeness (QED) is 0.768. The minimum absolute atomic E-state index is 0.00603. The highest BCUT2D eigenvalue weighted by molar-refractivity contribution is 6.07. The van der Waals surface area contributed by atoms with Crippen molar-refractivity contribution < 1.29 is 14.4 Å². The van der Waals surface area contributed by atoms with Gasteiger partial charge in [0.05, 0.1) is 0 Å². The second kappa shape index (κ2) is 6.98. The summed E-state index contributed by atoms with van der Waals surface area (Å²) in [5.74, 6) is 0.139. The Bertz CT molecular complexity index is 779. The van der Waals surface area contributed by atoms with Crippen LogP contribution >= 0.6 is 0 Å². The summed E-state index contributed by atoms with van der Waals surface area (Å²) in [5.41, 5.74) is 2.14. The molecule has 2 aliphatic heterocycles. The Balaban J connectivity index is 1.78. The zero-order valence-corrected chi connectivity index (χ0v) is 16.9. The number of likely N-dealkylation sites (tertiary alicyclic amines) is 1. The van der Waals surface area contributed by atoms with Crippen molar-refractivity contribution in [1.82, 2.24) is 14.7 Å². The Labute approximate surface area is 161 Å². The number of carbonyl (C=O) groups excluding carboxylic acids is 3. The van der Waals surface area contributed by atoms with Crippen LogP contribution in [0.15, 0.2) is 18.2 Å². The van der Waals surface area contributed by atoms with Crippen LogP contribution in [0.4, 0.5) is 4.79 Å². The maximum absolute atomic E-state index is 12.9. The van der Waals surface area contributed by atoms with Crippen LogP contribution in [0.5, 0.6) is 0 Å². The lowest BCUT2D eigenvalue weighted by atomic mass is 9.85. The number of hydrogen-bond acceptors (Lipinski definition) is 3. The van der Waals surface area contributed by atoms with E-state index in [2.05, 4.69) is 0 Å². The first-order chi connectivity index (χ1) is 12.7. The summed E-state index contributed by atoms with van der Waals surface area (Å²) in [6.45, 7) is 9.63. The van der Waals surface area contributed by atoms with E-state index in [4.69, 9.17) is 0 Å². The van der Waals surface area contributed by atoms with Gasteiger partial charge < -0.3 is 9.80 Å². The molecule has 0 N–H and O–H groups in total. The first-order valence-electron chi connectivity index (χ1n) is 9.63. The third kappa shape index (κ3) is 3.22. The summed E-state index contributed by atoms with van der Waals surface area (Å²) in [6, 6.07) is 5.53. The molecule has 0 aromatic heterocycles. The second-order valence-electron chi connectivity index (χ2n) is 8.27. The van der Waals surface area contributed by atoms with Crippen molar-refractivity contribution in [1.29, 1.82) is 0 Å². The molecule has 2 fully saturated rings. The molecule has 146 valence electrons. The summed E-state index contributed by atoms with van der Waals surface area (Å²) in [6.07, 6.45) is 0.983. The standard InChI is InChI=1S/C21H29N3O3/c1-14(2)13-24-20(27)22(5)19(26)21(24)8-10-23(11-9-21)18(25)17-7-6-15(3)16(4)12-17/h6-7,12,14H,8-11,13H2,1-5H3. The van der Waals surface area contributed by atoms with Crippen LogP contribution < -0.4 is 0 Å². The molecular formula is C21H29N3O3. The van der Waals surface area contributed by atoms with Crippen molar-refractivity contribution in [2.45, 2.75) is 46.1 Å². The van der Waals surface area contributed by atoms with E-state index < -0.39 is 5.54 Å². The number of benzene rings is 1. The average Bonchev–Trinajstić information content (AvgIpc) is 2.80. The largest absolute Gasteiger partial charge is 0.338 e. The zero-order valence-electron chi connectivity index (χ0n) is 16.9. The highest BCUT2D eigenvalue weighted by Crippen LogP contribution is 2.37. The van der Waals surface area contributed by atoms with Crippen LogP contribution in [0.25, 0.3) is 0 Å². The fourth-order valence-electron chi connectivity index (χ4n) is 4.12. The molecule has 0 unspecified atom stereocenters. The predicted molar refractivity (Wildman–Crippen MR) is 103 cm³/mol. The molecule has 3 rings (SSSR count). The highest BCUT2D eigenvalue weighted by atomic mass is 16.2. The molecule has 1 aromatic carbocycles. The third-order valence-corrected chi connectivity index (χ3v) is 5.92. The van der Waals surface area contributed by atoms with Gasteiger partial charge in [-0.1, -0.05) is 19.9 Å². The van der Waals surface area contributed by atoms with Crippen LogP contribution in [0.2, 0.25) is 0 Å². The molecule has 0 bridgehead atoms. The Morgan fingerprint density at radius 2 is 1.74 bits per heavy atom. The lowest BCUT2D eigenvalue weighted by Crippen LogP contribution is -2.58. The van der Waals surface area contributed by atoms with Crippen molar-refractivity contribution >= 4 is 17.8 Å². The summed E-state index contributed by atoms with van der Waals surface area (Å²) in [7, 11) is 1.55. The number of nitrogens with zero attached hydrogens (tertiary/aromatic N) is 3. The topological polar surface area (TPSA) is 60.9 Å². The maximum Gasteiger partial charge on any atom is 0.327 e. The average molecular weight is 371 g/mol. The molecule has 0 aliphatic carbocycles. The number of rotatable bonds is 3. The van der Waals surface area contributed by atoms with E-state index in [0.29, 0.717) is 38.0 Å². The lowest BCUT2D eigenvalue weighted by molar-refractivity contribution is -0.134. The van der Waals surface area contributed by atoms with E-state index in [0.717, 1.165) is 11.1 Å². The van der Waals surface area contributed by atoms with Gasteiger partial charge in [-0.2, -0.15) is 0 Å². The molecule has 0 saturated carbocycles. The van der Waals surface area contributed by atoms with E-state index in [1.54, 1.807) is 16.8 Å². The van der Waals surface area contributed by atoms with Gasteiger partial charge in [-0.25, -0.2) is 4.79 Å². The minimum atomic E-state index is -0.796. The first kappa shape index (κ1) is 19.4. The molecule has 4 amide bonds. The van der Waals surface area contributed by atoms with E-state index >= 15 is 0 Å². The van der Waals surface area contributed by atoms with Crippen molar-refractivity contribution in [2.75, 3.05) is 26.7 Å². The second-order valence-corrected chi connectivity index (χ2v) is 8.27. The van der Waals surface area contributed by atoms with Crippen molar-refractivity contribution in [3.8, 4) is 0 Å². The molecule has 2 saturated heterocycles. The van der Waals surface area contributed by atoms with Crippen LogP contribution in [-0.4, -0.2) is 64.8 Å². The number of amides is 4. The van der Waals surface area contributed by atoms with Gasteiger partial charge in [0.25, 0.3) is 11.8 Å². The number of piperidine rings is 1. The van der Waals surface area contributed by atoms with Gasteiger partial charge in [0.2, 0.25) is 0 Å². The number of urea groups is 1. The molecule has 6 heteroatoms. The summed E-state index contributed by atoms with van der Waals surface area (Å²) < 4.78 is 0. The summed E-state index contributed by atoms with van der Waals surface area (Å²) in [5, 5.41) is 0. The molecule has 27 heavy (non-hydrogen) atoms. The molecule has 1 spiro atoms. The Morgan fingerprint density at radius 3 is 2.30 bits per heavy atom. The molecule has 2 aliphatic rings. The van der Waals surface area contributed by atoms with Gasteiger partial charge >= 0.3 is 6.03 Å². The van der Waals surface area contributed by atoms with E-state index in [-0.39, 0.29) is 23.8 Å².